The van der Waals surface area contributed by atoms with Gasteiger partial charge in [0.2, 0.25) is 5.91 Å². The zero-order chi connectivity index (χ0) is 14.5. The van der Waals surface area contributed by atoms with Gasteiger partial charge in [-0.05, 0) is 19.1 Å². The maximum absolute atomic E-state index is 12.0. The molecule has 0 spiro atoms. The highest BCUT2D eigenvalue weighted by atomic mass is 16.5. The van der Waals surface area contributed by atoms with Gasteiger partial charge in [0.1, 0.15) is 0 Å². The standard InChI is InChI=1S/C14H15N3O3/c1-2-20-14(19)12(13(15)18)10-6-3-4-7-11(10)17-9-5-8-16-17/h3-9,12H,2H2,1H3,(H2,15,18). The van der Waals surface area contributed by atoms with E-state index in [9.17, 15) is 9.59 Å². The minimum absolute atomic E-state index is 0.187. The Morgan fingerprint density at radius 2 is 2.10 bits per heavy atom. The van der Waals surface area contributed by atoms with Crippen molar-refractivity contribution in [3.05, 3.63) is 48.3 Å². The number of aromatic nitrogens is 2. The molecule has 1 heterocycles. The van der Waals surface area contributed by atoms with Crippen LogP contribution in [0.3, 0.4) is 0 Å². The summed E-state index contributed by atoms with van der Waals surface area (Å²) in [6, 6.07) is 8.71. The number of amides is 1. The number of para-hydroxylation sites is 1. The number of hydrogen-bond acceptors (Lipinski definition) is 4. The number of nitrogens with two attached hydrogens (primary N) is 1. The van der Waals surface area contributed by atoms with Crippen LogP contribution in [0.4, 0.5) is 0 Å². The summed E-state index contributed by atoms with van der Waals surface area (Å²) in [5, 5.41) is 4.11. The van der Waals surface area contributed by atoms with Crippen molar-refractivity contribution in [3.63, 3.8) is 0 Å². The Bertz CT molecular complexity index is 608. The van der Waals surface area contributed by atoms with Crippen molar-refractivity contribution in [2.75, 3.05) is 6.61 Å². The lowest BCUT2D eigenvalue weighted by molar-refractivity contribution is -0.147. The van der Waals surface area contributed by atoms with Crippen molar-refractivity contribution in [1.29, 1.82) is 0 Å². The summed E-state index contributed by atoms with van der Waals surface area (Å²) >= 11 is 0. The minimum atomic E-state index is -1.14. The lowest BCUT2D eigenvalue weighted by atomic mass is 9.96. The average Bonchev–Trinajstić information content (AvgIpc) is 2.93. The molecule has 0 aliphatic rings. The van der Waals surface area contributed by atoms with Gasteiger partial charge in [-0.15, -0.1) is 0 Å². The fourth-order valence-electron chi connectivity index (χ4n) is 1.97. The molecule has 1 atom stereocenters. The first-order valence-electron chi connectivity index (χ1n) is 6.20. The molecule has 1 amide bonds. The van der Waals surface area contributed by atoms with E-state index in [4.69, 9.17) is 10.5 Å². The van der Waals surface area contributed by atoms with Crippen LogP contribution in [0.25, 0.3) is 5.69 Å². The van der Waals surface area contributed by atoms with Crippen molar-refractivity contribution >= 4 is 11.9 Å². The quantitative estimate of drug-likeness (QED) is 0.650. The Hall–Kier alpha value is -2.63. The van der Waals surface area contributed by atoms with E-state index in [0.29, 0.717) is 11.3 Å². The van der Waals surface area contributed by atoms with E-state index < -0.39 is 17.8 Å². The van der Waals surface area contributed by atoms with Gasteiger partial charge >= 0.3 is 5.97 Å². The maximum Gasteiger partial charge on any atom is 0.323 e. The van der Waals surface area contributed by atoms with Gasteiger partial charge in [-0.1, -0.05) is 18.2 Å². The second kappa shape index (κ2) is 6.01. The Labute approximate surface area is 116 Å². The van der Waals surface area contributed by atoms with Gasteiger partial charge in [0.25, 0.3) is 0 Å². The summed E-state index contributed by atoms with van der Waals surface area (Å²) < 4.78 is 6.50. The number of carbonyl (C=O) groups is 2. The molecule has 2 rings (SSSR count). The molecule has 6 heteroatoms. The number of esters is 1. The molecular weight excluding hydrogens is 258 g/mol. The normalized spacial score (nSPS) is 11.8. The SMILES string of the molecule is CCOC(=O)C(C(N)=O)c1ccccc1-n1cccn1. The molecule has 0 radical (unpaired) electrons. The molecule has 0 aliphatic heterocycles. The third kappa shape index (κ3) is 2.69. The zero-order valence-corrected chi connectivity index (χ0v) is 11.0. The van der Waals surface area contributed by atoms with Gasteiger partial charge < -0.3 is 10.5 Å². The summed E-state index contributed by atoms with van der Waals surface area (Å²) in [4.78, 5) is 23.6. The molecule has 104 valence electrons. The first-order valence-corrected chi connectivity index (χ1v) is 6.20. The van der Waals surface area contributed by atoms with Crippen LogP contribution in [0.2, 0.25) is 0 Å². The lowest BCUT2D eigenvalue weighted by Crippen LogP contribution is -2.30. The fraction of sp³-hybridized carbons (Fsp3) is 0.214. The Balaban J connectivity index is 2.49. The Kier molecular flexibility index (Phi) is 4.14. The smallest absolute Gasteiger partial charge is 0.323 e. The van der Waals surface area contributed by atoms with E-state index in [1.54, 1.807) is 54.3 Å². The largest absolute Gasteiger partial charge is 0.465 e. The molecule has 0 bridgehead atoms. The predicted molar refractivity (Wildman–Crippen MR) is 72.1 cm³/mol. The predicted octanol–water partition coefficient (Wildman–Crippen LogP) is 1.00. The van der Waals surface area contributed by atoms with E-state index in [0.717, 1.165) is 0 Å². The zero-order valence-electron chi connectivity index (χ0n) is 11.0. The molecule has 0 fully saturated rings. The van der Waals surface area contributed by atoms with E-state index in [-0.39, 0.29) is 6.61 Å². The van der Waals surface area contributed by atoms with Crippen LogP contribution in [0, 0.1) is 0 Å². The number of carbonyl (C=O) groups excluding carboxylic acids is 2. The average molecular weight is 273 g/mol. The monoisotopic (exact) mass is 273 g/mol. The molecule has 0 saturated carbocycles. The summed E-state index contributed by atoms with van der Waals surface area (Å²) in [6.07, 6.45) is 3.34. The van der Waals surface area contributed by atoms with Crippen LogP contribution in [-0.2, 0) is 14.3 Å². The summed E-state index contributed by atoms with van der Waals surface area (Å²) in [5.74, 6) is -2.54. The van der Waals surface area contributed by atoms with Gasteiger partial charge in [0, 0.05) is 18.0 Å². The molecule has 0 aliphatic carbocycles. The number of rotatable bonds is 5. The third-order valence-corrected chi connectivity index (χ3v) is 2.81. The van der Waals surface area contributed by atoms with Crippen molar-refractivity contribution in [2.24, 2.45) is 5.73 Å². The minimum Gasteiger partial charge on any atom is -0.465 e. The molecule has 2 N–H and O–H groups in total. The van der Waals surface area contributed by atoms with Crippen molar-refractivity contribution in [1.82, 2.24) is 9.78 Å². The fourth-order valence-corrected chi connectivity index (χ4v) is 1.97. The van der Waals surface area contributed by atoms with Gasteiger partial charge in [-0.3, -0.25) is 9.59 Å². The van der Waals surface area contributed by atoms with Crippen LogP contribution in [0.5, 0.6) is 0 Å². The van der Waals surface area contributed by atoms with E-state index in [1.165, 1.54) is 0 Å². The molecule has 2 aromatic rings. The molecule has 1 aromatic heterocycles. The third-order valence-electron chi connectivity index (χ3n) is 2.81. The van der Waals surface area contributed by atoms with Crippen molar-refractivity contribution in [2.45, 2.75) is 12.8 Å². The molecular formula is C14H15N3O3. The van der Waals surface area contributed by atoms with Gasteiger partial charge in [-0.25, -0.2) is 4.68 Å². The summed E-state index contributed by atoms with van der Waals surface area (Å²) in [7, 11) is 0. The number of nitrogens with zero attached hydrogens (tertiary/aromatic N) is 2. The van der Waals surface area contributed by atoms with Crippen molar-refractivity contribution < 1.29 is 14.3 Å². The molecule has 1 aromatic carbocycles. The van der Waals surface area contributed by atoms with Crippen LogP contribution >= 0.6 is 0 Å². The second-order valence-electron chi connectivity index (χ2n) is 4.10. The number of benzene rings is 1. The van der Waals surface area contributed by atoms with E-state index >= 15 is 0 Å². The number of hydrogen-bond donors (Lipinski definition) is 1. The first-order chi connectivity index (χ1) is 9.65. The second-order valence-corrected chi connectivity index (χ2v) is 4.10. The van der Waals surface area contributed by atoms with Crippen molar-refractivity contribution in [3.8, 4) is 5.69 Å². The Morgan fingerprint density at radius 3 is 2.70 bits per heavy atom. The van der Waals surface area contributed by atoms with Crippen LogP contribution < -0.4 is 5.73 Å². The van der Waals surface area contributed by atoms with Crippen LogP contribution in [0.1, 0.15) is 18.4 Å². The molecule has 1 unspecified atom stereocenters. The number of ether oxygens (including phenoxy) is 1. The van der Waals surface area contributed by atoms with Gasteiger partial charge in [0.05, 0.1) is 12.3 Å². The lowest BCUT2D eigenvalue weighted by Gasteiger charge is -2.16. The maximum atomic E-state index is 12.0. The molecule has 0 saturated heterocycles. The van der Waals surface area contributed by atoms with E-state index in [1.807, 2.05) is 0 Å². The highest BCUT2D eigenvalue weighted by molar-refractivity contribution is 6.03. The molecule has 6 nitrogen and oxygen atoms in total. The number of primary amides is 1. The van der Waals surface area contributed by atoms with Gasteiger partial charge in [0.15, 0.2) is 5.92 Å². The summed E-state index contributed by atoms with van der Waals surface area (Å²) in [5.41, 5.74) is 6.45. The highest BCUT2D eigenvalue weighted by Crippen LogP contribution is 2.24. The van der Waals surface area contributed by atoms with Crippen LogP contribution in [-0.4, -0.2) is 28.3 Å². The topological polar surface area (TPSA) is 87.2 Å². The summed E-state index contributed by atoms with van der Waals surface area (Å²) in [6.45, 7) is 1.86. The van der Waals surface area contributed by atoms with Crippen LogP contribution in [0.15, 0.2) is 42.7 Å². The van der Waals surface area contributed by atoms with Gasteiger partial charge in [-0.2, -0.15) is 5.10 Å². The Morgan fingerprint density at radius 1 is 1.35 bits per heavy atom. The van der Waals surface area contributed by atoms with E-state index in [2.05, 4.69) is 5.10 Å². The molecule has 20 heavy (non-hydrogen) atoms. The first kappa shape index (κ1) is 13.8. The highest BCUT2D eigenvalue weighted by Gasteiger charge is 2.30.